The summed E-state index contributed by atoms with van der Waals surface area (Å²) in [5.41, 5.74) is -1.17. The van der Waals surface area contributed by atoms with Crippen LogP contribution in [0.25, 0.3) is 0 Å². The first-order valence-corrected chi connectivity index (χ1v) is 5.91. The van der Waals surface area contributed by atoms with Crippen LogP contribution in [0.15, 0.2) is 11.4 Å². The average Bonchev–Trinajstić information content (AvgIpc) is 2.76. The minimum absolute atomic E-state index is 0.00940. The lowest BCUT2D eigenvalue weighted by atomic mass is 10.1. The Balaban J connectivity index is 2.71. The molecule has 100 valence electrons. The zero-order valence-corrected chi connectivity index (χ0v) is 10.5. The Hall–Kier alpha value is -1.64. The van der Waals surface area contributed by atoms with Crippen LogP contribution < -0.4 is 10.6 Å². The molecule has 7 nitrogen and oxygen atoms in total. The van der Waals surface area contributed by atoms with Gasteiger partial charge in [0.25, 0.3) is 0 Å². The number of hydrogen-bond donors (Lipinski definition) is 5. The van der Waals surface area contributed by atoms with Crippen LogP contribution in [0.4, 0.5) is 9.80 Å². The van der Waals surface area contributed by atoms with Crippen molar-refractivity contribution in [3.8, 4) is 0 Å². The Morgan fingerprint density at radius 2 is 2.00 bits per heavy atom. The minimum Gasteiger partial charge on any atom is -0.478 e. The molecule has 0 saturated carbocycles. The fourth-order valence-corrected chi connectivity index (χ4v) is 1.89. The molecule has 0 aromatic carbocycles. The Morgan fingerprint density at radius 1 is 1.39 bits per heavy atom. The Labute approximate surface area is 107 Å². The van der Waals surface area contributed by atoms with Crippen LogP contribution in [0.2, 0.25) is 0 Å². The zero-order chi connectivity index (χ0) is 13.8. The van der Waals surface area contributed by atoms with E-state index in [4.69, 9.17) is 15.3 Å². The van der Waals surface area contributed by atoms with Crippen LogP contribution in [-0.4, -0.2) is 46.1 Å². The van der Waals surface area contributed by atoms with Crippen molar-refractivity contribution in [1.29, 1.82) is 0 Å². The van der Waals surface area contributed by atoms with Gasteiger partial charge in [-0.3, -0.25) is 5.32 Å². The van der Waals surface area contributed by atoms with Gasteiger partial charge in [0.1, 0.15) is 5.00 Å². The number of aromatic carboxylic acids is 1. The van der Waals surface area contributed by atoms with Crippen molar-refractivity contribution in [2.45, 2.75) is 12.5 Å². The molecule has 0 unspecified atom stereocenters. The molecule has 1 aromatic rings. The van der Waals surface area contributed by atoms with E-state index in [1.54, 1.807) is 0 Å². The highest BCUT2D eigenvalue weighted by Gasteiger charge is 2.25. The average molecular weight is 274 g/mol. The van der Waals surface area contributed by atoms with Gasteiger partial charge in [-0.25, -0.2) is 9.59 Å². The van der Waals surface area contributed by atoms with E-state index in [2.05, 4.69) is 10.6 Å². The Bertz CT molecular complexity index is 441. The molecule has 18 heavy (non-hydrogen) atoms. The van der Waals surface area contributed by atoms with Crippen molar-refractivity contribution >= 4 is 28.3 Å². The summed E-state index contributed by atoms with van der Waals surface area (Å²) in [4.78, 5) is 22.4. The molecule has 1 aromatic heterocycles. The normalized spacial score (nSPS) is 11.1. The third-order valence-electron chi connectivity index (χ3n) is 2.24. The lowest BCUT2D eigenvalue weighted by Crippen LogP contribution is -2.53. The van der Waals surface area contributed by atoms with Gasteiger partial charge < -0.3 is 20.6 Å². The number of aliphatic hydroxyl groups excluding tert-OH is 2. The number of anilines is 1. The topological polar surface area (TPSA) is 119 Å². The van der Waals surface area contributed by atoms with Gasteiger partial charge in [-0.05, 0) is 18.4 Å². The molecular formula is C10H14N2O5S. The molecule has 1 heterocycles. The molecule has 1 rings (SSSR count). The maximum absolute atomic E-state index is 11.6. The van der Waals surface area contributed by atoms with Crippen molar-refractivity contribution in [1.82, 2.24) is 5.32 Å². The van der Waals surface area contributed by atoms with Crippen LogP contribution in [-0.2, 0) is 0 Å². The molecule has 0 aliphatic rings. The predicted molar refractivity (Wildman–Crippen MR) is 66.0 cm³/mol. The number of urea groups is 1. The molecule has 0 radical (unpaired) electrons. The third-order valence-corrected chi connectivity index (χ3v) is 3.07. The van der Waals surface area contributed by atoms with Crippen LogP contribution >= 0.6 is 11.3 Å². The molecule has 5 N–H and O–H groups in total. The number of amides is 2. The highest BCUT2D eigenvalue weighted by molar-refractivity contribution is 7.14. The second kappa shape index (κ2) is 5.80. The van der Waals surface area contributed by atoms with E-state index in [0.717, 1.165) is 11.3 Å². The number of carboxylic acid groups (broad SMARTS) is 1. The first-order valence-electron chi connectivity index (χ1n) is 5.03. The maximum Gasteiger partial charge on any atom is 0.338 e. The molecule has 2 amide bonds. The summed E-state index contributed by atoms with van der Waals surface area (Å²) in [6.45, 7) is 0.583. The highest BCUT2D eigenvalue weighted by atomic mass is 32.1. The van der Waals surface area contributed by atoms with Gasteiger partial charge in [0.05, 0.1) is 24.3 Å². The van der Waals surface area contributed by atoms with Gasteiger partial charge in [-0.15, -0.1) is 11.3 Å². The molecule has 8 heteroatoms. The number of nitrogens with one attached hydrogen (secondary N) is 2. The SMILES string of the molecule is CC(CO)(CO)NC(=O)Nc1sccc1C(=O)O. The minimum atomic E-state index is -1.16. The summed E-state index contributed by atoms with van der Waals surface area (Å²) in [6, 6.07) is 0.686. The third kappa shape index (κ3) is 3.42. The number of thiophene rings is 1. The summed E-state index contributed by atoms with van der Waals surface area (Å²) < 4.78 is 0. The zero-order valence-electron chi connectivity index (χ0n) is 9.64. The quantitative estimate of drug-likeness (QED) is 0.529. The maximum atomic E-state index is 11.6. The largest absolute Gasteiger partial charge is 0.478 e. The van der Waals surface area contributed by atoms with Gasteiger partial charge in [-0.1, -0.05) is 0 Å². The number of carbonyl (C=O) groups is 2. The van der Waals surface area contributed by atoms with Crippen molar-refractivity contribution in [3.05, 3.63) is 17.0 Å². The highest BCUT2D eigenvalue weighted by Crippen LogP contribution is 2.23. The summed E-state index contributed by atoms with van der Waals surface area (Å²) in [7, 11) is 0. The van der Waals surface area contributed by atoms with E-state index < -0.39 is 30.8 Å². The molecular weight excluding hydrogens is 260 g/mol. The number of rotatable bonds is 5. The molecule has 0 fully saturated rings. The van der Waals surface area contributed by atoms with Gasteiger partial charge >= 0.3 is 12.0 Å². The lowest BCUT2D eigenvalue weighted by molar-refractivity contribution is 0.0698. The van der Waals surface area contributed by atoms with E-state index in [0.29, 0.717) is 0 Å². The first-order chi connectivity index (χ1) is 8.41. The second-order valence-electron chi connectivity index (χ2n) is 3.92. The van der Waals surface area contributed by atoms with Crippen LogP contribution in [0, 0.1) is 0 Å². The molecule has 0 aliphatic heterocycles. The van der Waals surface area contributed by atoms with Crippen LogP contribution in [0.1, 0.15) is 17.3 Å². The molecule has 0 saturated heterocycles. The van der Waals surface area contributed by atoms with Gasteiger partial charge in [0.15, 0.2) is 0 Å². The Morgan fingerprint density at radius 3 is 2.50 bits per heavy atom. The molecule has 0 atom stereocenters. The van der Waals surface area contributed by atoms with Crippen LogP contribution in [0.5, 0.6) is 0 Å². The number of aliphatic hydroxyl groups is 2. The van der Waals surface area contributed by atoms with Gasteiger partial charge in [-0.2, -0.15) is 0 Å². The van der Waals surface area contributed by atoms with E-state index in [1.165, 1.54) is 18.4 Å². The van der Waals surface area contributed by atoms with Gasteiger partial charge in [0.2, 0.25) is 0 Å². The summed E-state index contributed by atoms with van der Waals surface area (Å²) in [5, 5.41) is 33.3. The fourth-order valence-electron chi connectivity index (χ4n) is 1.11. The Kier molecular flexibility index (Phi) is 4.65. The van der Waals surface area contributed by atoms with E-state index in [1.807, 2.05) is 0 Å². The second-order valence-corrected chi connectivity index (χ2v) is 4.84. The predicted octanol–water partition coefficient (Wildman–Crippen LogP) is 0.311. The van der Waals surface area contributed by atoms with E-state index >= 15 is 0 Å². The standard InChI is InChI=1S/C10H14N2O5S/c1-10(4-13,5-14)12-9(17)11-7-6(8(15)16)2-3-18-7/h2-3,13-14H,4-5H2,1H3,(H,15,16)(H2,11,12,17). The summed E-state index contributed by atoms with van der Waals surface area (Å²) in [6.07, 6.45) is 0. The van der Waals surface area contributed by atoms with E-state index in [9.17, 15) is 9.59 Å². The first kappa shape index (κ1) is 14.4. The van der Waals surface area contributed by atoms with Crippen molar-refractivity contribution < 1.29 is 24.9 Å². The summed E-state index contributed by atoms with van der Waals surface area (Å²) in [5.74, 6) is -1.14. The summed E-state index contributed by atoms with van der Waals surface area (Å²) >= 11 is 1.07. The van der Waals surface area contributed by atoms with Crippen LogP contribution in [0.3, 0.4) is 0 Å². The molecule has 0 aliphatic carbocycles. The lowest BCUT2D eigenvalue weighted by Gasteiger charge is -2.26. The van der Waals surface area contributed by atoms with Crippen molar-refractivity contribution in [2.75, 3.05) is 18.5 Å². The number of hydrogen-bond acceptors (Lipinski definition) is 5. The van der Waals surface area contributed by atoms with E-state index in [-0.39, 0.29) is 10.6 Å². The number of carbonyl (C=O) groups excluding carboxylic acids is 1. The van der Waals surface area contributed by atoms with Crippen molar-refractivity contribution in [2.24, 2.45) is 0 Å². The molecule has 0 bridgehead atoms. The smallest absolute Gasteiger partial charge is 0.338 e. The number of carboxylic acids is 1. The fraction of sp³-hybridized carbons (Fsp3) is 0.400. The van der Waals surface area contributed by atoms with Gasteiger partial charge in [0, 0.05) is 0 Å². The molecule has 0 spiro atoms. The van der Waals surface area contributed by atoms with Crippen molar-refractivity contribution in [3.63, 3.8) is 0 Å². The monoisotopic (exact) mass is 274 g/mol.